The molecule has 4 heteroatoms. The van der Waals surface area contributed by atoms with Crippen LogP contribution in [0.5, 0.6) is 0 Å². The highest BCUT2D eigenvalue weighted by molar-refractivity contribution is 5.70. The predicted octanol–water partition coefficient (Wildman–Crippen LogP) is 1.44. The Labute approximate surface area is 81.2 Å². The molecule has 0 saturated carbocycles. The Hall–Kier alpha value is -2.10. The Kier molecular flexibility index (Phi) is 2.27. The van der Waals surface area contributed by atoms with Gasteiger partial charge in [-0.2, -0.15) is 0 Å². The van der Waals surface area contributed by atoms with Crippen molar-refractivity contribution in [1.82, 2.24) is 9.55 Å². The van der Waals surface area contributed by atoms with Crippen molar-refractivity contribution in [2.45, 2.75) is 0 Å². The van der Waals surface area contributed by atoms with Gasteiger partial charge in [0.15, 0.2) is 0 Å². The lowest BCUT2D eigenvalue weighted by Crippen LogP contribution is -1.92. The Morgan fingerprint density at radius 2 is 2.07 bits per heavy atom. The van der Waals surface area contributed by atoms with Crippen LogP contribution in [-0.4, -0.2) is 16.0 Å². The summed E-state index contributed by atoms with van der Waals surface area (Å²) in [6.07, 6.45) is 7.82. The second kappa shape index (κ2) is 3.74. The van der Waals surface area contributed by atoms with Gasteiger partial charge >= 0.3 is 0 Å². The zero-order valence-corrected chi connectivity index (χ0v) is 7.42. The first-order valence-electron chi connectivity index (χ1n) is 4.19. The summed E-state index contributed by atoms with van der Waals surface area (Å²) in [5.74, 6) is 0. The fraction of sp³-hybridized carbons (Fsp3) is 0. The number of amides is 1. The maximum atomic E-state index is 10.2. The van der Waals surface area contributed by atoms with E-state index >= 15 is 0 Å². The van der Waals surface area contributed by atoms with E-state index in [1.54, 1.807) is 12.4 Å². The van der Waals surface area contributed by atoms with Crippen molar-refractivity contribution >= 4 is 12.1 Å². The molecule has 0 fully saturated rings. The molecule has 2 aromatic rings. The molecule has 0 spiro atoms. The molecule has 0 radical (unpaired) electrons. The van der Waals surface area contributed by atoms with E-state index in [1.165, 1.54) is 0 Å². The van der Waals surface area contributed by atoms with E-state index in [4.69, 9.17) is 0 Å². The predicted molar refractivity (Wildman–Crippen MR) is 53.3 cm³/mol. The maximum absolute atomic E-state index is 10.2. The number of nitrogens with one attached hydrogen (secondary N) is 1. The van der Waals surface area contributed by atoms with Crippen molar-refractivity contribution < 1.29 is 4.79 Å². The number of rotatable bonds is 3. The molecule has 0 aliphatic heterocycles. The molecule has 2 rings (SSSR count). The van der Waals surface area contributed by atoms with Gasteiger partial charge in [0, 0.05) is 30.5 Å². The van der Waals surface area contributed by atoms with Crippen molar-refractivity contribution in [3.05, 3.63) is 43.0 Å². The van der Waals surface area contributed by atoms with Crippen LogP contribution >= 0.6 is 0 Å². The Morgan fingerprint density at radius 1 is 1.29 bits per heavy atom. The van der Waals surface area contributed by atoms with E-state index in [0.717, 1.165) is 11.4 Å². The van der Waals surface area contributed by atoms with Gasteiger partial charge in [-0.25, -0.2) is 0 Å². The third-order valence-corrected chi connectivity index (χ3v) is 1.88. The smallest absolute Gasteiger partial charge is 0.211 e. The minimum atomic E-state index is 0.659. The van der Waals surface area contributed by atoms with Crippen molar-refractivity contribution in [1.29, 1.82) is 0 Å². The van der Waals surface area contributed by atoms with Crippen LogP contribution < -0.4 is 5.32 Å². The van der Waals surface area contributed by atoms with E-state index in [-0.39, 0.29) is 0 Å². The zero-order chi connectivity index (χ0) is 9.80. The lowest BCUT2D eigenvalue weighted by Gasteiger charge is -2.00. The van der Waals surface area contributed by atoms with E-state index < -0.39 is 0 Å². The number of carbonyl (C=O) groups is 1. The van der Waals surface area contributed by atoms with Crippen molar-refractivity contribution in [2.75, 3.05) is 5.32 Å². The normalized spacial score (nSPS) is 9.71. The summed E-state index contributed by atoms with van der Waals surface area (Å²) in [5.41, 5.74) is 1.79. The van der Waals surface area contributed by atoms with Crippen LogP contribution in [0, 0.1) is 0 Å². The quantitative estimate of drug-likeness (QED) is 0.739. The lowest BCUT2D eigenvalue weighted by atomic mass is 10.4. The average molecular weight is 187 g/mol. The fourth-order valence-corrected chi connectivity index (χ4v) is 1.23. The van der Waals surface area contributed by atoms with E-state index in [2.05, 4.69) is 10.3 Å². The molecular formula is C10H9N3O. The van der Waals surface area contributed by atoms with Gasteiger partial charge in [-0.3, -0.25) is 9.78 Å². The van der Waals surface area contributed by atoms with Gasteiger partial charge < -0.3 is 9.88 Å². The molecule has 4 nitrogen and oxygen atoms in total. The van der Waals surface area contributed by atoms with Crippen LogP contribution in [0.25, 0.3) is 5.69 Å². The Bertz CT molecular complexity index is 422. The van der Waals surface area contributed by atoms with Crippen LogP contribution in [0.1, 0.15) is 0 Å². The number of hydrogen-bond donors (Lipinski definition) is 1. The van der Waals surface area contributed by atoms with E-state index in [1.807, 2.05) is 35.2 Å². The summed E-state index contributed by atoms with van der Waals surface area (Å²) in [6, 6.07) is 5.62. The number of nitrogens with zero attached hydrogens (tertiary/aromatic N) is 2. The standard InChI is InChI=1S/C10H9N3O/c14-8-12-9-3-6-13(7-9)10-1-4-11-5-2-10/h1-8H,(H,12,14). The molecule has 2 heterocycles. The van der Waals surface area contributed by atoms with Gasteiger partial charge in [0.2, 0.25) is 6.41 Å². The number of hydrogen-bond acceptors (Lipinski definition) is 2. The second-order valence-electron chi connectivity index (χ2n) is 2.78. The first-order chi connectivity index (χ1) is 6.90. The molecule has 0 unspecified atom stereocenters. The average Bonchev–Trinajstić information content (AvgIpc) is 2.68. The summed E-state index contributed by atoms with van der Waals surface area (Å²) in [5, 5.41) is 2.58. The molecule has 1 amide bonds. The summed E-state index contributed by atoms with van der Waals surface area (Å²) in [6.45, 7) is 0. The maximum Gasteiger partial charge on any atom is 0.211 e. The molecule has 14 heavy (non-hydrogen) atoms. The van der Waals surface area contributed by atoms with Gasteiger partial charge in [0.1, 0.15) is 0 Å². The summed E-state index contributed by atoms with van der Waals surface area (Å²) in [7, 11) is 0. The Balaban J connectivity index is 2.29. The van der Waals surface area contributed by atoms with E-state index in [9.17, 15) is 4.79 Å². The zero-order valence-electron chi connectivity index (χ0n) is 7.42. The number of pyridine rings is 1. The molecule has 0 saturated heterocycles. The highest BCUT2D eigenvalue weighted by Crippen LogP contribution is 2.12. The molecule has 1 N–H and O–H groups in total. The van der Waals surface area contributed by atoms with Crippen molar-refractivity contribution in [3.8, 4) is 5.69 Å². The summed E-state index contributed by atoms with van der Waals surface area (Å²) >= 11 is 0. The summed E-state index contributed by atoms with van der Waals surface area (Å²) in [4.78, 5) is 14.1. The number of carbonyl (C=O) groups excluding carboxylic acids is 1. The van der Waals surface area contributed by atoms with Crippen LogP contribution in [0.4, 0.5) is 5.69 Å². The molecule has 0 aliphatic carbocycles. The van der Waals surface area contributed by atoms with Crippen molar-refractivity contribution in [3.63, 3.8) is 0 Å². The molecular weight excluding hydrogens is 178 g/mol. The monoisotopic (exact) mass is 187 g/mol. The van der Waals surface area contributed by atoms with Gasteiger partial charge in [-0.05, 0) is 18.2 Å². The topological polar surface area (TPSA) is 46.9 Å². The third kappa shape index (κ3) is 1.64. The minimum absolute atomic E-state index is 0.659. The van der Waals surface area contributed by atoms with Gasteiger partial charge in [-0.15, -0.1) is 0 Å². The number of anilines is 1. The Morgan fingerprint density at radius 3 is 2.79 bits per heavy atom. The molecule has 2 aromatic heterocycles. The van der Waals surface area contributed by atoms with Gasteiger partial charge in [0.25, 0.3) is 0 Å². The third-order valence-electron chi connectivity index (χ3n) is 1.88. The van der Waals surface area contributed by atoms with Crippen LogP contribution in [0.15, 0.2) is 43.0 Å². The molecule has 0 aromatic carbocycles. The second-order valence-corrected chi connectivity index (χ2v) is 2.78. The van der Waals surface area contributed by atoms with Crippen molar-refractivity contribution in [2.24, 2.45) is 0 Å². The molecule has 70 valence electrons. The first-order valence-corrected chi connectivity index (χ1v) is 4.19. The fourth-order valence-electron chi connectivity index (χ4n) is 1.23. The highest BCUT2D eigenvalue weighted by Gasteiger charge is 1.96. The lowest BCUT2D eigenvalue weighted by molar-refractivity contribution is -0.105. The van der Waals surface area contributed by atoms with Gasteiger partial charge in [-0.1, -0.05) is 0 Å². The molecule has 0 aliphatic rings. The van der Waals surface area contributed by atoms with Crippen LogP contribution in [0.2, 0.25) is 0 Å². The van der Waals surface area contributed by atoms with Crippen LogP contribution in [-0.2, 0) is 4.79 Å². The van der Waals surface area contributed by atoms with Crippen LogP contribution in [0.3, 0.4) is 0 Å². The van der Waals surface area contributed by atoms with Gasteiger partial charge in [0.05, 0.1) is 5.69 Å². The highest BCUT2D eigenvalue weighted by atomic mass is 16.1. The summed E-state index contributed by atoms with van der Waals surface area (Å²) < 4.78 is 1.91. The number of aromatic nitrogens is 2. The minimum Gasteiger partial charge on any atom is -0.327 e. The molecule has 0 atom stereocenters. The van der Waals surface area contributed by atoms with E-state index in [0.29, 0.717) is 6.41 Å². The molecule has 0 bridgehead atoms. The SMILES string of the molecule is O=CNc1ccn(-c2ccncc2)c1. The first kappa shape index (κ1) is 8.50. The largest absolute Gasteiger partial charge is 0.327 e.